The summed E-state index contributed by atoms with van der Waals surface area (Å²) < 4.78 is 0. The first-order valence-electron chi connectivity index (χ1n) is 13.1. The average molecular weight is 750 g/mol. The second-order valence-corrected chi connectivity index (χ2v) is 13.5. The van der Waals surface area contributed by atoms with E-state index >= 15 is 0 Å². The molecule has 15 nitrogen and oxygen atoms in total. The molecule has 5 rings (SSSR count). The molecule has 2 atom stereocenters. The first-order valence-corrected chi connectivity index (χ1v) is 17.2. The van der Waals surface area contributed by atoms with Gasteiger partial charge in [-0.2, -0.15) is 5.26 Å². The molecule has 0 aliphatic carbocycles. The van der Waals surface area contributed by atoms with Crippen LogP contribution < -0.4 is 22.2 Å². The summed E-state index contributed by atoms with van der Waals surface area (Å²) in [5.41, 5.74) is 15.1. The lowest BCUT2D eigenvalue weighted by molar-refractivity contribution is -0.150. The Kier molecular flexibility index (Phi) is 13.8. The van der Waals surface area contributed by atoms with E-state index in [1.54, 1.807) is 17.1 Å². The minimum Gasteiger partial charge on any atom is -0.477 e. The van der Waals surface area contributed by atoms with Gasteiger partial charge < -0.3 is 31.6 Å². The number of nitriles is 1. The van der Waals surface area contributed by atoms with Gasteiger partial charge in [0.05, 0.1) is 16.9 Å². The number of fused-ring (bicyclic) bond motifs is 2. The number of allylic oxidation sites excluding steroid dienone is 2. The van der Waals surface area contributed by atoms with Gasteiger partial charge in [-0.15, -0.1) is 71.4 Å². The molecule has 0 saturated carbocycles. The number of hydrogen-bond acceptors (Lipinski definition) is 16. The molecule has 0 bridgehead atoms. The third-order valence-electron chi connectivity index (χ3n) is 6.45. The maximum atomic E-state index is 13.3. The number of amides is 2. The maximum absolute atomic E-state index is 13.3. The van der Waals surface area contributed by atoms with Crippen molar-refractivity contribution in [1.82, 2.24) is 30.5 Å². The van der Waals surface area contributed by atoms with E-state index in [0.29, 0.717) is 29.4 Å². The van der Waals surface area contributed by atoms with Gasteiger partial charge in [0.1, 0.15) is 35.2 Å². The number of carboxylic acids is 1. The third kappa shape index (κ3) is 8.17. The Morgan fingerprint density at radius 2 is 2.11 bits per heavy atom. The highest BCUT2D eigenvalue weighted by atomic mass is 35.5. The largest absolute Gasteiger partial charge is 0.477 e. The molecule has 21 heteroatoms. The third-order valence-corrected chi connectivity index (χ3v) is 10.2. The van der Waals surface area contributed by atoms with Crippen molar-refractivity contribution in [2.24, 2.45) is 10.9 Å². The van der Waals surface area contributed by atoms with Crippen molar-refractivity contribution in [3.63, 3.8) is 0 Å². The minimum absolute atomic E-state index is 0. The SMILES string of the molecule is Cl.Cl.N#CCSCCO/N=C(\C(=O)N[C@@H]1C(=O)N2C(C(=O)O)=C(CN3C=CN4NC(SCCN)=CC=C34)CS[C@@H]12)c1csc(N)n1. The molecule has 4 aliphatic heterocycles. The lowest BCUT2D eigenvalue weighted by Gasteiger charge is -2.49. The van der Waals surface area contributed by atoms with Crippen LogP contribution in [0.5, 0.6) is 0 Å². The quantitative estimate of drug-likeness (QED) is 0.0784. The number of rotatable bonds is 14. The van der Waals surface area contributed by atoms with Crippen LogP contribution in [0, 0.1) is 11.3 Å². The molecule has 1 saturated heterocycles. The summed E-state index contributed by atoms with van der Waals surface area (Å²) in [4.78, 5) is 51.5. The highest BCUT2D eigenvalue weighted by Gasteiger charge is 2.54. The van der Waals surface area contributed by atoms with Gasteiger partial charge in [0, 0.05) is 48.1 Å². The Labute approximate surface area is 293 Å². The Balaban J connectivity index is 0.00000288. The molecule has 0 radical (unpaired) electrons. The molecule has 0 unspecified atom stereocenters. The van der Waals surface area contributed by atoms with E-state index in [0.717, 1.165) is 27.9 Å². The topological polar surface area (TPSA) is 216 Å². The highest BCUT2D eigenvalue weighted by molar-refractivity contribution is 8.03. The highest BCUT2D eigenvalue weighted by Crippen LogP contribution is 2.41. The first kappa shape index (κ1) is 37.2. The van der Waals surface area contributed by atoms with Crippen LogP contribution in [0.2, 0.25) is 0 Å². The molecule has 46 heavy (non-hydrogen) atoms. The lowest BCUT2D eigenvalue weighted by Crippen LogP contribution is -2.71. The lowest BCUT2D eigenvalue weighted by atomic mass is 10.0. The first-order chi connectivity index (χ1) is 21.3. The van der Waals surface area contributed by atoms with Gasteiger partial charge in [0.25, 0.3) is 11.8 Å². The van der Waals surface area contributed by atoms with E-state index in [9.17, 15) is 19.5 Å². The summed E-state index contributed by atoms with van der Waals surface area (Å²) in [7, 11) is 0. The van der Waals surface area contributed by atoms with Crippen molar-refractivity contribution in [2.45, 2.75) is 11.4 Å². The number of aromatic nitrogens is 1. The van der Waals surface area contributed by atoms with Crippen LogP contribution in [-0.4, -0.2) is 103 Å². The summed E-state index contributed by atoms with van der Waals surface area (Å²) in [5.74, 6) is 0.234. The molecule has 1 fully saturated rings. The van der Waals surface area contributed by atoms with Crippen molar-refractivity contribution in [2.75, 3.05) is 48.4 Å². The molecule has 2 amide bonds. The molecule has 7 N–H and O–H groups in total. The number of nitrogens with two attached hydrogens (primary N) is 2. The number of thioether (sulfide) groups is 3. The number of carboxylic acid groups (broad SMARTS) is 1. The number of aliphatic carboxylic acids is 1. The Hall–Kier alpha value is -3.25. The number of hydrogen-bond donors (Lipinski definition) is 5. The number of nitrogens with one attached hydrogen (secondary N) is 2. The Bertz CT molecular complexity index is 1530. The molecule has 248 valence electrons. The van der Waals surface area contributed by atoms with Crippen molar-refractivity contribution < 1.29 is 24.3 Å². The molecule has 1 aromatic heterocycles. The zero-order chi connectivity index (χ0) is 31.2. The number of nitrogens with zero attached hydrogens (tertiary/aromatic N) is 6. The summed E-state index contributed by atoms with van der Waals surface area (Å²) in [5, 5.41) is 29.3. The van der Waals surface area contributed by atoms with Crippen LogP contribution in [-0.2, 0) is 19.2 Å². The van der Waals surface area contributed by atoms with Gasteiger partial charge >= 0.3 is 5.97 Å². The van der Waals surface area contributed by atoms with E-state index in [4.69, 9.17) is 21.6 Å². The maximum Gasteiger partial charge on any atom is 0.352 e. The van der Waals surface area contributed by atoms with Crippen LogP contribution in [0.25, 0.3) is 0 Å². The molecule has 4 aliphatic rings. The van der Waals surface area contributed by atoms with Gasteiger partial charge in [0.15, 0.2) is 10.8 Å². The van der Waals surface area contributed by atoms with Crippen molar-refractivity contribution in [3.8, 4) is 6.07 Å². The van der Waals surface area contributed by atoms with E-state index < -0.39 is 29.2 Å². The fourth-order valence-corrected chi connectivity index (χ4v) is 7.52. The number of halogens is 2. The van der Waals surface area contributed by atoms with Crippen LogP contribution in [0.15, 0.2) is 57.2 Å². The zero-order valence-corrected chi connectivity index (χ0v) is 28.8. The number of anilines is 1. The smallest absolute Gasteiger partial charge is 0.352 e. The van der Waals surface area contributed by atoms with E-state index in [1.807, 2.05) is 40.5 Å². The second-order valence-electron chi connectivity index (χ2n) is 9.27. The second kappa shape index (κ2) is 17.1. The van der Waals surface area contributed by atoms with Gasteiger partial charge in [0.2, 0.25) is 0 Å². The number of thiazole rings is 1. The van der Waals surface area contributed by atoms with Gasteiger partial charge in [-0.1, -0.05) is 5.16 Å². The summed E-state index contributed by atoms with van der Waals surface area (Å²) in [6.07, 6.45) is 7.54. The molecule has 0 spiro atoms. The Morgan fingerprint density at radius 3 is 2.80 bits per heavy atom. The predicted octanol–water partition coefficient (Wildman–Crippen LogP) is 1.27. The minimum atomic E-state index is -1.22. The summed E-state index contributed by atoms with van der Waals surface area (Å²) in [6, 6.07) is 1.04. The molecule has 1 aromatic rings. The molecule has 5 heterocycles. The van der Waals surface area contributed by atoms with Crippen molar-refractivity contribution in [1.29, 1.82) is 5.26 Å². The van der Waals surface area contributed by atoms with Crippen molar-refractivity contribution in [3.05, 3.63) is 57.7 Å². The van der Waals surface area contributed by atoms with E-state index in [2.05, 4.69) is 20.9 Å². The average Bonchev–Trinajstić information content (AvgIpc) is 3.63. The molecular weight excluding hydrogens is 720 g/mol. The number of carbonyl (C=O) groups excluding carboxylic acids is 2. The van der Waals surface area contributed by atoms with Crippen LogP contribution in [0.4, 0.5) is 5.13 Å². The van der Waals surface area contributed by atoms with Gasteiger partial charge in [-0.05, 0) is 17.7 Å². The van der Waals surface area contributed by atoms with Crippen molar-refractivity contribution >= 4 is 100 Å². The summed E-state index contributed by atoms with van der Waals surface area (Å²) >= 11 is 5.43. The van der Waals surface area contributed by atoms with Crippen LogP contribution >= 0.6 is 71.4 Å². The number of oxime groups is 1. The Morgan fingerprint density at radius 1 is 1.30 bits per heavy atom. The predicted molar refractivity (Wildman–Crippen MR) is 185 cm³/mol. The number of β-lactam (4-membered cyclic amide) rings is 1. The molecular formula is C25H30Cl2N10O5S4. The number of nitrogen functional groups attached to an aromatic ring is 1. The standard InChI is InChI=1S/C25H28N10O5S4.2ClH/c26-3-8-41-10-7-40-32-18(15-13-44-25(28)29-15)21(36)30-19-22(37)35-20(24(38)39)14(12-43-23(19)35)11-33-5-6-34-17(33)2-1-16(31-34)42-9-4-27;;/h1-2,5-6,13,19,23,31H,4,7-12,27H2,(H2,28,29)(H,30,36)(H,38,39);2*1H/b32-18-;;/t19-,23+;;/m1../s1. The zero-order valence-electron chi connectivity index (χ0n) is 23.9. The van der Waals surface area contributed by atoms with E-state index in [1.165, 1.54) is 28.4 Å². The van der Waals surface area contributed by atoms with Crippen LogP contribution in [0.1, 0.15) is 5.69 Å². The fraction of sp³-hybridized carbons (Fsp3) is 0.360. The van der Waals surface area contributed by atoms with E-state index in [-0.39, 0.29) is 60.2 Å². The van der Waals surface area contributed by atoms with Gasteiger partial charge in [-0.3, -0.25) is 19.9 Å². The normalized spacial score (nSPS) is 19.8. The number of carbonyl (C=O) groups is 3. The monoisotopic (exact) mass is 748 g/mol. The number of hydrazine groups is 1. The summed E-state index contributed by atoms with van der Waals surface area (Å²) in [6.45, 7) is 0.962. The fourth-order valence-electron chi connectivity index (χ4n) is 4.54. The van der Waals surface area contributed by atoms with Crippen LogP contribution in [0.3, 0.4) is 0 Å². The van der Waals surface area contributed by atoms with Gasteiger partial charge in [-0.25, -0.2) is 14.8 Å². The molecule has 0 aromatic carbocycles.